The molecule has 2 amide bonds. The van der Waals surface area contributed by atoms with Crippen LogP contribution in [0.2, 0.25) is 0 Å². The normalized spacial score (nSPS) is 24.8. The van der Waals surface area contributed by atoms with Crippen LogP contribution in [-0.2, 0) is 9.59 Å². The first-order chi connectivity index (χ1) is 9.67. The molecule has 0 aromatic carbocycles. The number of hydrogen-bond acceptors (Lipinski definition) is 2. The fourth-order valence-electron chi connectivity index (χ4n) is 3.55. The Hall–Kier alpha value is -1.06. The Bertz CT molecular complexity index is 348. The lowest BCUT2D eigenvalue weighted by molar-refractivity contribution is -0.143. The number of hydrogen-bond donors (Lipinski definition) is 0. The van der Waals surface area contributed by atoms with E-state index in [2.05, 4.69) is 11.8 Å². The molecule has 1 atom stereocenters. The van der Waals surface area contributed by atoms with Gasteiger partial charge >= 0.3 is 0 Å². The summed E-state index contributed by atoms with van der Waals surface area (Å²) >= 11 is 0. The standard InChI is InChI=1S/C16H28N2O2/c1-3-14-7-5-6-10-18(14)16(20)13-8-11-17(12-9-13)15(19)4-2/h13-14H,3-12H2,1-2H3. The molecular formula is C16H28N2O2. The smallest absolute Gasteiger partial charge is 0.226 e. The van der Waals surface area contributed by atoms with Gasteiger partial charge in [-0.15, -0.1) is 0 Å². The van der Waals surface area contributed by atoms with Gasteiger partial charge in [-0.1, -0.05) is 13.8 Å². The van der Waals surface area contributed by atoms with Crippen LogP contribution in [0.3, 0.4) is 0 Å². The van der Waals surface area contributed by atoms with E-state index in [9.17, 15) is 9.59 Å². The summed E-state index contributed by atoms with van der Waals surface area (Å²) in [5, 5.41) is 0. The molecule has 0 spiro atoms. The third-order valence-corrected chi connectivity index (χ3v) is 4.88. The van der Waals surface area contributed by atoms with E-state index < -0.39 is 0 Å². The second kappa shape index (κ2) is 7.09. The van der Waals surface area contributed by atoms with Crippen molar-refractivity contribution in [1.29, 1.82) is 0 Å². The van der Waals surface area contributed by atoms with Gasteiger partial charge in [0.25, 0.3) is 0 Å². The topological polar surface area (TPSA) is 40.6 Å². The van der Waals surface area contributed by atoms with Crippen molar-refractivity contribution in [2.45, 2.75) is 64.8 Å². The fraction of sp³-hybridized carbons (Fsp3) is 0.875. The highest BCUT2D eigenvalue weighted by molar-refractivity contribution is 5.80. The Morgan fingerprint density at radius 2 is 1.70 bits per heavy atom. The van der Waals surface area contributed by atoms with E-state index in [0.29, 0.717) is 18.4 Å². The van der Waals surface area contributed by atoms with Gasteiger partial charge < -0.3 is 9.80 Å². The van der Waals surface area contributed by atoms with Crippen molar-refractivity contribution in [3.63, 3.8) is 0 Å². The first kappa shape index (κ1) is 15.3. The van der Waals surface area contributed by atoms with E-state index >= 15 is 0 Å². The lowest BCUT2D eigenvalue weighted by Crippen LogP contribution is -2.49. The van der Waals surface area contributed by atoms with Gasteiger partial charge in [0.1, 0.15) is 0 Å². The van der Waals surface area contributed by atoms with Gasteiger partial charge in [-0.2, -0.15) is 0 Å². The molecule has 1 unspecified atom stereocenters. The molecule has 0 aromatic heterocycles. The second-order valence-corrected chi connectivity index (χ2v) is 6.10. The number of piperidine rings is 2. The molecule has 114 valence electrons. The monoisotopic (exact) mass is 280 g/mol. The van der Waals surface area contributed by atoms with Crippen LogP contribution >= 0.6 is 0 Å². The van der Waals surface area contributed by atoms with Crippen LogP contribution in [0.5, 0.6) is 0 Å². The number of likely N-dealkylation sites (tertiary alicyclic amines) is 2. The lowest BCUT2D eigenvalue weighted by atomic mass is 9.92. The minimum atomic E-state index is 0.142. The zero-order valence-corrected chi connectivity index (χ0v) is 12.9. The van der Waals surface area contributed by atoms with Gasteiger partial charge in [0.05, 0.1) is 0 Å². The van der Waals surface area contributed by atoms with Crippen molar-refractivity contribution in [3.05, 3.63) is 0 Å². The molecule has 0 aromatic rings. The average Bonchev–Trinajstić information content (AvgIpc) is 2.53. The van der Waals surface area contributed by atoms with Gasteiger partial charge in [0.2, 0.25) is 11.8 Å². The average molecular weight is 280 g/mol. The van der Waals surface area contributed by atoms with Crippen LogP contribution in [0.4, 0.5) is 0 Å². The van der Waals surface area contributed by atoms with Crippen molar-refractivity contribution in [1.82, 2.24) is 9.80 Å². The minimum absolute atomic E-state index is 0.142. The minimum Gasteiger partial charge on any atom is -0.343 e. The van der Waals surface area contributed by atoms with E-state index in [0.717, 1.165) is 51.7 Å². The molecule has 2 fully saturated rings. The molecule has 20 heavy (non-hydrogen) atoms. The predicted octanol–water partition coefficient (Wildman–Crippen LogP) is 2.43. The predicted molar refractivity (Wildman–Crippen MR) is 79.2 cm³/mol. The van der Waals surface area contributed by atoms with E-state index in [-0.39, 0.29) is 11.8 Å². The zero-order chi connectivity index (χ0) is 14.5. The molecule has 0 N–H and O–H groups in total. The number of amides is 2. The molecule has 0 aliphatic carbocycles. The van der Waals surface area contributed by atoms with Crippen LogP contribution in [0, 0.1) is 5.92 Å². The highest BCUT2D eigenvalue weighted by Gasteiger charge is 2.33. The van der Waals surface area contributed by atoms with Crippen LogP contribution in [0.15, 0.2) is 0 Å². The summed E-state index contributed by atoms with van der Waals surface area (Å²) in [5.41, 5.74) is 0. The first-order valence-corrected chi connectivity index (χ1v) is 8.25. The molecule has 2 aliphatic rings. The van der Waals surface area contributed by atoms with Crippen LogP contribution < -0.4 is 0 Å². The Morgan fingerprint density at radius 1 is 1.00 bits per heavy atom. The van der Waals surface area contributed by atoms with E-state index in [1.165, 1.54) is 6.42 Å². The first-order valence-electron chi connectivity index (χ1n) is 8.25. The molecule has 2 saturated heterocycles. The summed E-state index contributed by atoms with van der Waals surface area (Å²) in [7, 11) is 0. The van der Waals surface area contributed by atoms with Crippen molar-refractivity contribution < 1.29 is 9.59 Å². The van der Waals surface area contributed by atoms with Crippen LogP contribution in [-0.4, -0.2) is 47.3 Å². The van der Waals surface area contributed by atoms with E-state index in [4.69, 9.17) is 0 Å². The molecule has 2 aliphatic heterocycles. The highest BCUT2D eigenvalue weighted by atomic mass is 16.2. The maximum Gasteiger partial charge on any atom is 0.226 e. The Kier molecular flexibility index (Phi) is 5.44. The largest absolute Gasteiger partial charge is 0.343 e. The number of rotatable bonds is 3. The number of carbonyl (C=O) groups excluding carboxylic acids is 2. The van der Waals surface area contributed by atoms with Crippen molar-refractivity contribution in [2.75, 3.05) is 19.6 Å². The summed E-state index contributed by atoms with van der Waals surface area (Å²) in [6, 6.07) is 0.451. The summed E-state index contributed by atoms with van der Waals surface area (Å²) in [4.78, 5) is 28.4. The van der Waals surface area contributed by atoms with E-state index in [1.54, 1.807) is 0 Å². The van der Waals surface area contributed by atoms with E-state index in [1.807, 2.05) is 11.8 Å². The molecule has 0 saturated carbocycles. The molecule has 2 heterocycles. The highest BCUT2D eigenvalue weighted by Crippen LogP contribution is 2.26. The summed E-state index contributed by atoms with van der Waals surface area (Å²) in [6.45, 7) is 6.53. The van der Waals surface area contributed by atoms with Gasteiger partial charge in [0, 0.05) is 38.0 Å². The third kappa shape index (κ3) is 3.33. The van der Waals surface area contributed by atoms with Crippen molar-refractivity contribution >= 4 is 11.8 Å². The van der Waals surface area contributed by atoms with Crippen LogP contribution in [0.1, 0.15) is 58.8 Å². The maximum absolute atomic E-state index is 12.7. The molecule has 0 bridgehead atoms. The zero-order valence-electron chi connectivity index (χ0n) is 12.9. The second-order valence-electron chi connectivity index (χ2n) is 6.10. The summed E-state index contributed by atoms with van der Waals surface area (Å²) in [5.74, 6) is 0.712. The van der Waals surface area contributed by atoms with Crippen molar-refractivity contribution in [3.8, 4) is 0 Å². The lowest BCUT2D eigenvalue weighted by Gasteiger charge is -2.39. The quantitative estimate of drug-likeness (QED) is 0.796. The maximum atomic E-state index is 12.7. The number of nitrogens with zero attached hydrogens (tertiary/aromatic N) is 2. The summed E-state index contributed by atoms with van der Waals surface area (Å²) < 4.78 is 0. The van der Waals surface area contributed by atoms with Crippen molar-refractivity contribution in [2.24, 2.45) is 5.92 Å². The third-order valence-electron chi connectivity index (χ3n) is 4.88. The Balaban J connectivity index is 1.89. The van der Waals surface area contributed by atoms with Gasteiger partial charge in [-0.25, -0.2) is 0 Å². The fourth-order valence-corrected chi connectivity index (χ4v) is 3.55. The van der Waals surface area contributed by atoms with Gasteiger partial charge in [-0.3, -0.25) is 9.59 Å². The molecule has 2 rings (SSSR count). The number of carbonyl (C=O) groups is 2. The molecule has 4 nitrogen and oxygen atoms in total. The molecule has 0 radical (unpaired) electrons. The van der Waals surface area contributed by atoms with Gasteiger partial charge in [-0.05, 0) is 38.5 Å². The Labute approximate surface area is 122 Å². The van der Waals surface area contributed by atoms with Gasteiger partial charge in [0.15, 0.2) is 0 Å². The van der Waals surface area contributed by atoms with Crippen LogP contribution in [0.25, 0.3) is 0 Å². The molecular weight excluding hydrogens is 252 g/mol. The Morgan fingerprint density at radius 3 is 2.30 bits per heavy atom. The molecule has 4 heteroatoms. The summed E-state index contributed by atoms with van der Waals surface area (Å²) in [6.07, 6.45) is 6.90. The SMILES string of the molecule is CCC(=O)N1CCC(C(=O)N2CCCCC2CC)CC1.